The van der Waals surface area contributed by atoms with E-state index in [1.165, 1.54) is 5.56 Å². The number of rotatable bonds is 7. The number of nitrogens with one attached hydrogen (secondary N) is 1. The highest BCUT2D eigenvalue weighted by Crippen LogP contribution is 2.22. The average Bonchev–Trinajstić information content (AvgIpc) is 3.07. The van der Waals surface area contributed by atoms with Crippen LogP contribution in [0.3, 0.4) is 0 Å². The summed E-state index contributed by atoms with van der Waals surface area (Å²) in [6.07, 6.45) is 0.730. The Balaban J connectivity index is 1.37. The Bertz CT molecular complexity index is 870. The fourth-order valence-electron chi connectivity index (χ4n) is 2.41. The molecule has 0 bridgehead atoms. The molecule has 1 aromatic heterocycles. The lowest BCUT2D eigenvalue weighted by atomic mass is 10.1. The summed E-state index contributed by atoms with van der Waals surface area (Å²) in [5.74, 6) is -0.700. The molecule has 0 spiro atoms. The van der Waals surface area contributed by atoms with Gasteiger partial charge in [-0.2, -0.15) is 0 Å². The van der Waals surface area contributed by atoms with Crippen LogP contribution in [0.1, 0.15) is 22.6 Å². The number of aryl methyl sites for hydroxylation is 2. The highest BCUT2D eigenvalue weighted by molar-refractivity contribution is 7.18. The van der Waals surface area contributed by atoms with Gasteiger partial charge in [-0.15, -0.1) is 11.3 Å². The first-order chi connectivity index (χ1) is 12.6. The topological polar surface area (TPSA) is 68.3 Å². The number of esters is 1. The number of thiazole rings is 1. The molecule has 0 saturated carbocycles. The summed E-state index contributed by atoms with van der Waals surface area (Å²) >= 11 is 1.57. The Morgan fingerprint density at radius 2 is 1.88 bits per heavy atom. The predicted molar refractivity (Wildman–Crippen MR) is 102 cm³/mol. The highest BCUT2D eigenvalue weighted by atomic mass is 32.1. The summed E-state index contributed by atoms with van der Waals surface area (Å²) in [5.41, 5.74) is 3.12. The lowest BCUT2D eigenvalue weighted by molar-refractivity contribution is -0.148. The number of ether oxygens (including phenoxy) is 1. The van der Waals surface area contributed by atoms with E-state index in [1.54, 1.807) is 11.3 Å². The van der Waals surface area contributed by atoms with Crippen molar-refractivity contribution in [2.24, 2.45) is 0 Å². The second kappa shape index (κ2) is 8.58. The molecule has 5 nitrogen and oxygen atoms in total. The van der Waals surface area contributed by atoms with Crippen LogP contribution < -0.4 is 5.32 Å². The van der Waals surface area contributed by atoms with Crippen LogP contribution in [0.2, 0.25) is 0 Å². The van der Waals surface area contributed by atoms with E-state index in [0.717, 1.165) is 20.8 Å². The number of carbonyl (C=O) groups is 2. The average molecular weight is 368 g/mol. The second-order valence-electron chi connectivity index (χ2n) is 6.00. The minimum atomic E-state index is -0.394. The zero-order valence-electron chi connectivity index (χ0n) is 14.5. The number of para-hydroxylation sites is 1. The second-order valence-corrected chi connectivity index (χ2v) is 7.11. The normalized spacial score (nSPS) is 10.7. The molecule has 2 aromatic carbocycles. The van der Waals surface area contributed by atoms with Crippen LogP contribution in [-0.2, 0) is 27.3 Å². The largest absolute Gasteiger partial charge is 0.456 e. The maximum Gasteiger partial charge on any atom is 0.306 e. The van der Waals surface area contributed by atoms with Crippen LogP contribution in [0.15, 0.2) is 48.5 Å². The SMILES string of the molecule is Cc1ccc(CNC(=O)COC(=O)CCc2nc3ccccc3s2)cc1. The Morgan fingerprint density at radius 1 is 1.12 bits per heavy atom. The molecule has 0 fully saturated rings. The third-order valence-corrected chi connectivity index (χ3v) is 4.95. The highest BCUT2D eigenvalue weighted by Gasteiger charge is 2.10. The fraction of sp³-hybridized carbons (Fsp3) is 0.250. The summed E-state index contributed by atoms with van der Waals surface area (Å²) < 4.78 is 6.14. The minimum absolute atomic E-state index is 0.213. The maximum absolute atomic E-state index is 11.8. The van der Waals surface area contributed by atoms with Crippen molar-refractivity contribution >= 4 is 33.4 Å². The van der Waals surface area contributed by atoms with Crippen LogP contribution in [0.5, 0.6) is 0 Å². The van der Waals surface area contributed by atoms with Gasteiger partial charge in [0.1, 0.15) is 0 Å². The third-order valence-electron chi connectivity index (χ3n) is 3.86. The van der Waals surface area contributed by atoms with Crippen molar-refractivity contribution in [3.8, 4) is 0 Å². The molecule has 0 aliphatic heterocycles. The first kappa shape index (κ1) is 18.1. The standard InChI is InChI=1S/C20H20N2O3S/c1-14-6-8-15(9-7-14)12-21-18(23)13-25-20(24)11-10-19-22-16-4-2-3-5-17(16)26-19/h2-9H,10-13H2,1H3,(H,21,23). The third kappa shape index (κ3) is 5.13. The van der Waals surface area contributed by atoms with Gasteiger partial charge in [-0.25, -0.2) is 4.98 Å². The zero-order valence-corrected chi connectivity index (χ0v) is 15.3. The minimum Gasteiger partial charge on any atom is -0.456 e. The summed E-state index contributed by atoms with van der Waals surface area (Å²) in [4.78, 5) is 28.1. The number of aromatic nitrogens is 1. The number of hydrogen-bond acceptors (Lipinski definition) is 5. The number of hydrogen-bond donors (Lipinski definition) is 1. The zero-order chi connectivity index (χ0) is 18.4. The molecular formula is C20H20N2O3S. The molecule has 26 heavy (non-hydrogen) atoms. The predicted octanol–water partition coefficient (Wildman–Crippen LogP) is 3.40. The lowest BCUT2D eigenvalue weighted by Gasteiger charge is -2.06. The van der Waals surface area contributed by atoms with Crippen molar-refractivity contribution in [1.82, 2.24) is 10.3 Å². The van der Waals surface area contributed by atoms with Gasteiger partial charge in [0.25, 0.3) is 5.91 Å². The van der Waals surface area contributed by atoms with Crippen LogP contribution in [-0.4, -0.2) is 23.5 Å². The van der Waals surface area contributed by atoms with Crippen molar-refractivity contribution in [3.05, 3.63) is 64.7 Å². The molecule has 0 radical (unpaired) electrons. The summed E-state index contributed by atoms with van der Waals surface area (Å²) in [6, 6.07) is 15.8. The quantitative estimate of drug-likeness (QED) is 0.649. The number of amides is 1. The van der Waals surface area contributed by atoms with Crippen LogP contribution in [0, 0.1) is 6.92 Å². The van der Waals surface area contributed by atoms with Crippen molar-refractivity contribution in [2.75, 3.05) is 6.61 Å². The maximum atomic E-state index is 11.8. The van der Waals surface area contributed by atoms with Crippen molar-refractivity contribution < 1.29 is 14.3 Å². The summed E-state index contributed by atoms with van der Waals surface area (Å²) in [7, 11) is 0. The summed E-state index contributed by atoms with van der Waals surface area (Å²) in [5, 5.41) is 3.63. The van der Waals surface area contributed by atoms with Gasteiger partial charge in [0.2, 0.25) is 0 Å². The molecule has 0 aliphatic carbocycles. The lowest BCUT2D eigenvalue weighted by Crippen LogP contribution is -2.28. The molecule has 1 amide bonds. The van der Waals surface area contributed by atoms with E-state index in [-0.39, 0.29) is 18.9 Å². The number of benzene rings is 2. The number of carbonyl (C=O) groups excluding carboxylic acids is 2. The molecule has 3 aromatic rings. The molecule has 134 valence electrons. The van der Waals surface area contributed by atoms with E-state index in [9.17, 15) is 9.59 Å². The van der Waals surface area contributed by atoms with E-state index in [0.29, 0.717) is 13.0 Å². The Hall–Kier alpha value is -2.73. The monoisotopic (exact) mass is 368 g/mol. The van der Waals surface area contributed by atoms with Gasteiger partial charge in [0, 0.05) is 13.0 Å². The van der Waals surface area contributed by atoms with E-state index >= 15 is 0 Å². The molecule has 6 heteroatoms. The first-order valence-corrected chi connectivity index (χ1v) is 9.24. The molecule has 0 unspecified atom stereocenters. The van der Waals surface area contributed by atoms with Crippen LogP contribution in [0.25, 0.3) is 10.2 Å². The van der Waals surface area contributed by atoms with Crippen LogP contribution in [0.4, 0.5) is 0 Å². The summed E-state index contributed by atoms with van der Waals surface area (Å²) in [6.45, 7) is 2.17. The number of fused-ring (bicyclic) bond motifs is 1. The molecule has 0 atom stereocenters. The number of nitrogens with zero attached hydrogens (tertiary/aromatic N) is 1. The molecule has 1 heterocycles. The smallest absolute Gasteiger partial charge is 0.306 e. The van der Waals surface area contributed by atoms with Gasteiger partial charge in [-0.05, 0) is 24.6 Å². The molecule has 0 saturated heterocycles. The molecule has 3 rings (SSSR count). The molecular weight excluding hydrogens is 348 g/mol. The van der Waals surface area contributed by atoms with Gasteiger partial charge >= 0.3 is 5.97 Å². The first-order valence-electron chi connectivity index (χ1n) is 8.42. The van der Waals surface area contributed by atoms with Gasteiger partial charge in [0.15, 0.2) is 6.61 Å². The van der Waals surface area contributed by atoms with E-state index in [4.69, 9.17) is 4.74 Å². The van der Waals surface area contributed by atoms with E-state index in [1.807, 2.05) is 55.5 Å². The van der Waals surface area contributed by atoms with Gasteiger partial charge in [0.05, 0.1) is 21.6 Å². The van der Waals surface area contributed by atoms with Crippen molar-refractivity contribution in [2.45, 2.75) is 26.3 Å². The Kier molecular flexibility index (Phi) is 5.96. The van der Waals surface area contributed by atoms with Gasteiger partial charge in [-0.3, -0.25) is 9.59 Å². The molecule has 0 aliphatic rings. The van der Waals surface area contributed by atoms with Crippen molar-refractivity contribution in [3.63, 3.8) is 0 Å². The van der Waals surface area contributed by atoms with Crippen LogP contribution >= 0.6 is 11.3 Å². The molecule has 1 N–H and O–H groups in total. The Morgan fingerprint density at radius 3 is 2.65 bits per heavy atom. The van der Waals surface area contributed by atoms with E-state index < -0.39 is 5.97 Å². The fourth-order valence-corrected chi connectivity index (χ4v) is 3.38. The van der Waals surface area contributed by atoms with E-state index in [2.05, 4.69) is 10.3 Å². The van der Waals surface area contributed by atoms with Gasteiger partial charge < -0.3 is 10.1 Å². The van der Waals surface area contributed by atoms with Crippen molar-refractivity contribution in [1.29, 1.82) is 0 Å². The Labute approximate surface area is 156 Å². The van der Waals surface area contributed by atoms with Gasteiger partial charge in [-0.1, -0.05) is 42.0 Å².